The number of aromatic nitrogens is 2. The molecule has 1 unspecified atom stereocenters. The van der Waals surface area contributed by atoms with Crippen molar-refractivity contribution in [3.63, 3.8) is 0 Å². The van der Waals surface area contributed by atoms with E-state index in [1.807, 2.05) is 14.0 Å². The molecule has 1 saturated heterocycles. The van der Waals surface area contributed by atoms with E-state index in [1.165, 1.54) is 0 Å². The second kappa shape index (κ2) is 5.08. The second-order valence-electron chi connectivity index (χ2n) is 5.24. The first-order valence-electron chi connectivity index (χ1n) is 6.38. The molecule has 1 atom stereocenters. The lowest BCUT2D eigenvalue weighted by Crippen LogP contribution is -2.33. The van der Waals surface area contributed by atoms with Crippen LogP contribution in [0.2, 0.25) is 0 Å². The second-order valence-corrected chi connectivity index (χ2v) is 5.24. The zero-order chi connectivity index (χ0) is 14.2. The van der Waals surface area contributed by atoms with Gasteiger partial charge in [0.25, 0.3) is 0 Å². The number of hydrogen-bond acceptors (Lipinski definition) is 5. The van der Waals surface area contributed by atoms with Gasteiger partial charge in [0.15, 0.2) is 5.84 Å². The molecular weight excluding hydrogens is 244 g/mol. The number of oxime groups is 1. The van der Waals surface area contributed by atoms with Gasteiger partial charge < -0.3 is 20.7 Å². The molecule has 0 spiro atoms. The normalized spacial score (nSPS) is 20.6. The zero-order valence-electron chi connectivity index (χ0n) is 12.0. The molecule has 1 aromatic rings. The summed E-state index contributed by atoms with van der Waals surface area (Å²) in [5.74, 6) is 1.05. The molecule has 0 bridgehead atoms. The maximum Gasteiger partial charge on any atom is 0.175 e. The Kier molecular flexibility index (Phi) is 3.66. The fourth-order valence-electron chi connectivity index (χ4n) is 2.71. The minimum Gasteiger partial charge on any atom is -0.409 e. The predicted molar refractivity (Wildman–Crippen MR) is 74.8 cm³/mol. The Bertz CT molecular complexity index is 493. The van der Waals surface area contributed by atoms with Crippen molar-refractivity contribution in [3.05, 3.63) is 11.3 Å². The predicted octanol–water partition coefficient (Wildman–Crippen LogP) is -0.0367. The number of rotatable bonds is 3. The van der Waals surface area contributed by atoms with Crippen LogP contribution in [-0.2, 0) is 7.05 Å². The molecule has 0 amide bonds. The van der Waals surface area contributed by atoms with Gasteiger partial charge in [-0.15, -0.1) is 0 Å². The smallest absolute Gasteiger partial charge is 0.175 e. The van der Waals surface area contributed by atoms with Crippen LogP contribution >= 0.6 is 0 Å². The molecule has 2 rings (SSSR count). The van der Waals surface area contributed by atoms with Crippen molar-refractivity contribution in [3.8, 4) is 0 Å². The highest BCUT2D eigenvalue weighted by Crippen LogP contribution is 2.27. The van der Waals surface area contributed by atoms with Crippen molar-refractivity contribution in [2.45, 2.75) is 19.4 Å². The number of aryl methyl sites for hydroxylation is 2. The van der Waals surface area contributed by atoms with Crippen molar-refractivity contribution >= 4 is 11.7 Å². The summed E-state index contributed by atoms with van der Waals surface area (Å²) in [7, 11) is 6.07. The maximum absolute atomic E-state index is 8.93. The lowest BCUT2D eigenvalue weighted by atomic mass is 10.2. The molecule has 7 nitrogen and oxygen atoms in total. The summed E-state index contributed by atoms with van der Waals surface area (Å²) in [6, 6.07) is 0.523. The van der Waals surface area contributed by atoms with E-state index >= 15 is 0 Å². The van der Waals surface area contributed by atoms with E-state index in [4.69, 9.17) is 10.9 Å². The van der Waals surface area contributed by atoms with E-state index in [0.717, 1.165) is 36.6 Å². The number of nitrogens with zero attached hydrogens (tertiary/aromatic N) is 5. The van der Waals surface area contributed by atoms with Crippen molar-refractivity contribution in [1.29, 1.82) is 0 Å². The summed E-state index contributed by atoms with van der Waals surface area (Å²) in [5.41, 5.74) is 7.29. The summed E-state index contributed by atoms with van der Waals surface area (Å²) in [6.07, 6.45) is 1.10. The van der Waals surface area contributed by atoms with Gasteiger partial charge in [-0.1, -0.05) is 5.16 Å². The van der Waals surface area contributed by atoms with Crippen LogP contribution in [0.25, 0.3) is 0 Å². The van der Waals surface area contributed by atoms with Crippen LogP contribution in [0.4, 0.5) is 5.82 Å². The monoisotopic (exact) mass is 266 g/mol. The fourth-order valence-corrected chi connectivity index (χ4v) is 2.71. The summed E-state index contributed by atoms with van der Waals surface area (Å²) in [5, 5.41) is 16.4. The Morgan fingerprint density at radius 1 is 1.53 bits per heavy atom. The van der Waals surface area contributed by atoms with Crippen LogP contribution in [-0.4, -0.2) is 58.9 Å². The van der Waals surface area contributed by atoms with E-state index in [9.17, 15) is 0 Å². The van der Waals surface area contributed by atoms with Crippen LogP contribution in [0.15, 0.2) is 5.16 Å². The Balaban J connectivity index is 2.36. The average molecular weight is 266 g/mol. The number of likely N-dealkylation sites (N-methyl/N-ethyl adjacent to an activating group) is 1. The van der Waals surface area contributed by atoms with Gasteiger partial charge in [-0.3, -0.25) is 4.68 Å². The van der Waals surface area contributed by atoms with Crippen LogP contribution in [0, 0.1) is 6.92 Å². The third-order valence-corrected chi connectivity index (χ3v) is 3.75. The summed E-state index contributed by atoms with van der Waals surface area (Å²) in [6.45, 7) is 3.75. The van der Waals surface area contributed by atoms with Crippen LogP contribution in [0.5, 0.6) is 0 Å². The van der Waals surface area contributed by atoms with Gasteiger partial charge in [-0.05, 0) is 27.4 Å². The first-order chi connectivity index (χ1) is 8.95. The SMILES string of the molecule is Cc1nn(C)c(N2CCC(N(C)C)C2)c1C(N)=NO. The van der Waals surface area contributed by atoms with Gasteiger partial charge in [0.1, 0.15) is 5.82 Å². The van der Waals surface area contributed by atoms with E-state index < -0.39 is 0 Å². The molecule has 3 N–H and O–H groups in total. The third kappa shape index (κ3) is 2.37. The molecule has 0 saturated carbocycles. The Labute approximate surface area is 113 Å². The molecule has 1 aliphatic heterocycles. The molecule has 106 valence electrons. The highest BCUT2D eigenvalue weighted by Gasteiger charge is 2.29. The molecule has 1 fully saturated rings. The van der Waals surface area contributed by atoms with E-state index in [0.29, 0.717) is 6.04 Å². The largest absolute Gasteiger partial charge is 0.409 e. The van der Waals surface area contributed by atoms with Crippen LogP contribution in [0.1, 0.15) is 17.7 Å². The number of anilines is 1. The zero-order valence-corrected chi connectivity index (χ0v) is 12.0. The molecule has 19 heavy (non-hydrogen) atoms. The first-order valence-corrected chi connectivity index (χ1v) is 6.38. The lowest BCUT2D eigenvalue weighted by Gasteiger charge is -2.22. The number of amidine groups is 1. The fraction of sp³-hybridized carbons (Fsp3) is 0.667. The molecular formula is C12H22N6O. The van der Waals surface area contributed by atoms with Gasteiger partial charge in [0, 0.05) is 26.2 Å². The first kappa shape index (κ1) is 13.7. The number of nitrogens with two attached hydrogens (primary N) is 1. The van der Waals surface area contributed by atoms with Gasteiger partial charge in [-0.2, -0.15) is 5.10 Å². The molecule has 0 aliphatic carbocycles. The molecule has 2 heterocycles. The average Bonchev–Trinajstić information content (AvgIpc) is 2.92. The minimum atomic E-state index is 0.119. The quantitative estimate of drug-likeness (QED) is 0.347. The van der Waals surface area contributed by atoms with E-state index in [1.54, 1.807) is 4.68 Å². The van der Waals surface area contributed by atoms with Crippen molar-refractivity contribution in [2.24, 2.45) is 17.9 Å². The molecule has 7 heteroatoms. The molecule has 0 aromatic carbocycles. The molecule has 1 aliphatic rings. The maximum atomic E-state index is 8.93. The Morgan fingerprint density at radius 3 is 2.74 bits per heavy atom. The minimum absolute atomic E-state index is 0.119. The summed E-state index contributed by atoms with van der Waals surface area (Å²) >= 11 is 0. The van der Waals surface area contributed by atoms with Gasteiger partial charge >= 0.3 is 0 Å². The van der Waals surface area contributed by atoms with Crippen molar-refractivity contribution in [2.75, 3.05) is 32.1 Å². The Hall–Kier alpha value is -1.76. The highest BCUT2D eigenvalue weighted by molar-refractivity contribution is 6.02. The van der Waals surface area contributed by atoms with Crippen LogP contribution < -0.4 is 10.6 Å². The molecule has 1 aromatic heterocycles. The van der Waals surface area contributed by atoms with Gasteiger partial charge in [-0.25, -0.2) is 0 Å². The topological polar surface area (TPSA) is 82.9 Å². The Morgan fingerprint density at radius 2 is 2.21 bits per heavy atom. The number of hydrogen-bond donors (Lipinski definition) is 2. The lowest BCUT2D eigenvalue weighted by molar-refractivity contribution is 0.315. The van der Waals surface area contributed by atoms with Crippen molar-refractivity contribution in [1.82, 2.24) is 14.7 Å². The van der Waals surface area contributed by atoms with Crippen molar-refractivity contribution < 1.29 is 5.21 Å². The third-order valence-electron chi connectivity index (χ3n) is 3.75. The standard InChI is InChI=1S/C12H22N6O/c1-8-10(11(13)15-19)12(17(4)14-8)18-6-5-9(7-18)16(2)3/h9,19H,5-7H2,1-4H3,(H2,13,15). The summed E-state index contributed by atoms with van der Waals surface area (Å²) < 4.78 is 1.81. The molecule has 0 radical (unpaired) electrons. The van der Waals surface area contributed by atoms with E-state index in [-0.39, 0.29) is 5.84 Å². The van der Waals surface area contributed by atoms with Gasteiger partial charge in [0.2, 0.25) is 0 Å². The highest BCUT2D eigenvalue weighted by atomic mass is 16.4. The van der Waals surface area contributed by atoms with Gasteiger partial charge in [0.05, 0.1) is 11.3 Å². The van der Waals surface area contributed by atoms with Crippen LogP contribution in [0.3, 0.4) is 0 Å². The van der Waals surface area contributed by atoms with E-state index in [2.05, 4.69) is 34.1 Å². The summed E-state index contributed by atoms with van der Waals surface area (Å²) in [4.78, 5) is 4.48.